The smallest absolute Gasteiger partial charge is 0.340 e. The zero-order chi connectivity index (χ0) is 25.0. The Kier molecular flexibility index (Phi) is 8.12. The number of pyridine rings is 2. The van der Waals surface area contributed by atoms with Crippen LogP contribution in [0.4, 0.5) is 17.6 Å². The fourth-order valence-corrected chi connectivity index (χ4v) is 2.72. The Balaban J connectivity index is 2.03. The van der Waals surface area contributed by atoms with Gasteiger partial charge in [0.05, 0.1) is 6.42 Å². The van der Waals surface area contributed by atoms with E-state index in [4.69, 9.17) is 4.74 Å². The Morgan fingerprint density at radius 3 is 2.42 bits per heavy atom. The fraction of sp³-hybridized carbons (Fsp3) is 0.455. The van der Waals surface area contributed by atoms with E-state index in [1.54, 1.807) is 6.92 Å². The van der Waals surface area contributed by atoms with E-state index in [0.29, 0.717) is 22.5 Å². The number of rotatable bonds is 10. The predicted octanol–water partition coefficient (Wildman–Crippen LogP) is 3.19. The molecule has 7 nitrogen and oxygen atoms in total. The lowest BCUT2D eigenvalue weighted by Crippen LogP contribution is -2.34. The SMILES string of the molecule is Cc1cc(C(=O)NCc2cnc(OCC(F)(F)C(F)F)c(C)c2)cc(CC(=O)C(C)(C)O)n1. The number of hydrogen-bond donors (Lipinski definition) is 2. The van der Waals surface area contributed by atoms with Gasteiger partial charge in [-0.05, 0) is 51.5 Å². The van der Waals surface area contributed by atoms with Crippen LogP contribution in [0.1, 0.15) is 46.7 Å². The van der Waals surface area contributed by atoms with Crippen molar-refractivity contribution in [2.45, 2.75) is 58.6 Å². The van der Waals surface area contributed by atoms with Crippen LogP contribution in [0.15, 0.2) is 24.4 Å². The lowest BCUT2D eigenvalue weighted by molar-refractivity contribution is -0.148. The van der Waals surface area contributed by atoms with Gasteiger partial charge in [0.15, 0.2) is 12.4 Å². The maximum atomic E-state index is 13.0. The molecule has 2 rings (SSSR count). The molecule has 0 fully saturated rings. The highest BCUT2D eigenvalue weighted by Crippen LogP contribution is 2.25. The molecule has 0 aliphatic carbocycles. The summed E-state index contributed by atoms with van der Waals surface area (Å²) in [5.41, 5.74) is 0.452. The van der Waals surface area contributed by atoms with Crippen LogP contribution in [-0.2, 0) is 17.8 Å². The normalized spacial score (nSPS) is 12.1. The number of Topliss-reactive ketones (excluding diaryl/α,β-unsaturated/α-hetero) is 1. The third kappa shape index (κ3) is 7.48. The summed E-state index contributed by atoms with van der Waals surface area (Å²) in [6, 6.07) is 4.51. The van der Waals surface area contributed by atoms with Gasteiger partial charge < -0.3 is 15.2 Å². The monoisotopic (exact) mass is 471 g/mol. The number of halogens is 4. The van der Waals surface area contributed by atoms with Crippen LogP contribution in [0, 0.1) is 13.8 Å². The maximum Gasteiger partial charge on any atom is 0.340 e. The minimum atomic E-state index is -4.29. The molecule has 180 valence electrons. The van der Waals surface area contributed by atoms with Gasteiger partial charge in [-0.1, -0.05) is 0 Å². The number of carbonyl (C=O) groups is 2. The molecule has 0 saturated carbocycles. The van der Waals surface area contributed by atoms with Gasteiger partial charge in [0, 0.05) is 35.3 Å². The largest absolute Gasteiger partial charge is 0.471 e. The molecule has 33 heavy (non-hydrogen) atoms. The van der Waals surface area contributed by atoms with Crippen LogP contribution in [-0.4, -0.2) is 51.3 Å². The molecular weight excluding hydrogens is 446 g/mol. The number of aliphatic hydroxyl groups is 1. The van der Waals surface area contributed by atoms with Crippen molar-refractivity contribution in [3.8, 4) is 5.88 Å². The van der Waals surface area contributed by atoms with Gasteiger partial charge in [-0.2, -0.15) is 8.78 Å². The molecule has 2 N–H and O–H groups in total. The quantitative estimate of drug-likeness (QED) is 0.516. The fourth-order valence-electron chi connectivity index (χ4n) is 2.72. The highest BCUT2D eigenvalue weighted by atomic mass is 19.3. The van der Waals surface area contributed by atoms with Crippen LogP contribution in [0.2, 0.25) is 0 Å². The van der Waals surface area contributed by atoms with Gasteiger partial charge in [-0.3, -0.25) is 14.6 Å². The molecule has 0 saturated heterocycles. The highest BCUT2D eigenvalue weighted by Gasteiger charge is 2.42. The number of aryl methyl sites for hydroxylation is 2. The Hall–Kier alpha value is -3.08. The summed E-state index contributed by atoms with van der Waals surface area (Å²) in [6.45, 7) is 4.45. The molecule has 2 aromatic rings. The predicted molar refractivity (Wildman–Crippen MR) is 111 cm³/mol. The zero-order valence-electron chi connectivity index (χ0n) is 18.6. The molecule has 0 aliphatic rings. The van der Waals surface area contributed by atoms with Crippen LogP contribution < -0.4 is 10.1 Å². The number of aromatic nitrogens is 2. The third-order valence-corrected chi connectivity index (χ3v) is 4.55. The first-order valence-corrected chi connectivity index (χ1v) is 9.95. The first-order valence-electron chi connectivity index (χ1n) is 9.95. The van der Waals surface area contributed by atoms with Crippen LogP contribution >= 0.6 is 0 Å². The summed E-state index contributed by atoms with van der Waals surface area (Å²) in [4.78, 5) is 32.7. The van der Waals surface area contributed by atoms with Crippen molar-refractivity contribution >= 4 is 11.7 Å². The Morgan fingerprint density at radius 2 is 1.85 bits per heavy atom. The number of nitrogens with zero attached hydrogens (tertiary/aromatic N) is 2. The van der Waals surface area contributed by atoms with Crippen molar-refractivity contribution in [3.63, 3.8) is 0 Å². The van der Waals surface area contributed by atoms with Crippen LogP contribution in [0.25, 0.3) is 0 Å². The summed E-state index contributed by atoms with van der Waals surface area (Å²) in [6.07, 6.45) is -2.72. The van der Waals surface area contributed by atoms with E-state index in [1.807, 2.05) is 0 Å². The second-order valence-electron chi connectivity index (χ2n) is 8.15. The Labute approximate surface area is 188 Å². The van der Waals surface area contributed by atoms with Gasteiger partial charge >= 0.3 is 12.3 Å². The zero-order valence-corrected chi connectivity index (χ0v) is 18.6. The van der Waals surface area contributed by atoms with E-state index in [-0.39, 0.29) is 24.4 Å². The number of amides is 1. The van der Waals surface area contributed by atoms with Crippen molar-refractivity contribution in [1.29, 1.82) is 0 Å². The van der Waals surface area contributed by atoms with Crippen molar-refractivity contribution < 1.29 is 37.0 Å². The van der Waals surface area contributed by atoms with Crippen molar-refractivity contribution in [1.82, 2.24) is 15.3 Å². The molecule has 0 aliphatic heterocycles. The first-order chi connectivity index (χ1) is 15.2. The van der Waals surface area contributed by atoms with E-state index >= 15 is 0 Å². The van der Waals surface area contributed by atoms with Gasteiger partial charge in [0.25, 0.3) is 5.91 Å². The number of carbonyl (C=O) groups excluding carboxylic acids is 2. The average Bonchev–Trinajstić information content (AvgIpc) is 2.70. The molecule has 2 heterocycles. The summed E-state index contributed by atoms with van der Waals surface area (Å²) in [5.74, 6) is -5.40. The number of alkyl halides is 4. The van der Waals surface area contributed by atoms with Crippen LogP contribution in [0.5, 0.6) is 5.88 Å². The van der Waals surface area contributed by atoms with Crippen molar-refractivity contribution in [2.24, 2.45) is 0 Å². The molecule has 0 aromatic carbocycles. The van der Waals surface area contributed by atoms with Gasteiger partial charge in [-0.25, -0.2) is 13.8 Å². The molecule has 0 spiro atoms. The molecule has 0 radical (unpaired) electrons. The second-order valence-corrected chi connectivity index (χ2v) is 8.15. The van der Waals surface area contributed by atoms with Crippen molar-refractivity contribution in [3.05, 3.63) is 52.5 Å². The molecule has 0 bridgehead atoms. The lowest BCUT2D eigenvalue weighted by Gasteiger charge is -2.16. The Bertz CT molecular complexity index is 1020. The van der Waals surface area contributed by atoms with E-state index in [0.717, 1.165) is 0 Å². The first kappa shape index (κ1) is 26.2. The van der Waals surface area contributed by atoms with E-state index in [9.17, 15) is 32.3 Å². The molecule has 1 amide bonds. The van der Waals surface area contributed by atoms with E-state index in [2.05, 4.69) is 15.3 Å². The van der Waals surface area contributed by atoms with Gasteiger partial charge in [-0.15, -0.1) is 0 Å². The van der Waals surface area contributed by atoms with Crippen LogP contribution in [0.3, 0.4) is 0 Å². The molecule has 0 atom stereocenters. The summed E-state index contributed by atoms with van der Waals surface area (Å²) in [7, 11) is 0. The van der Waals surface area contributed by atoms with Gasteiger partial charge in [0.2, 0.25) is 5.88 Å². The number of ether oxygens (including phenoxy) is 1. The maximum absolute atomic E-state index is 13.0. The summed E-state index contributed by atoms with van der Waals surface area (Å²) < 4.78 is 55.2. The number of nitrogens with one attached hydrogen (secondary N) is 1. The summed E-state index contributed by atoms with van der Waals surface area (Å²) >= 11 is 0. The third-order valence-electron chi connectivity index (χ3n) is 4.55. The second kappa shape index (κ2) is 10.2. The highest BCUT2D eigenvalue weighted by molar-refractivity contribution is 5.95. The van der Waals surface area contributed by atoms with E-state index in [1.165, 1.54) is 45.2 Å². The number of hydrogen-bond acceptors (Lipinski definition) is 6. The standard InChI is InChI=1S/C22H25F4N3O4/c1-12-5-14(10-28-19(12)33-11-22(25,26)20(23)24)9-27-18(31)15-6-13(2)29-16(7-15)8-17(30)21(3,4)32/h5-7,10,20,32H,8-9,11H2,1-4H3,(H,27,31). The summed E-state index contributed by atoms with van der Waals surface area (Å²) in [5, 5.41) is 12.5. The molecule has 0 unspecified atom stereocenters. The minimum absolute atomic E-state index is 0.0411. The lowest BCUT2D eigenvalue weighted by atomic mass is 9.98. The minimum Gasteiger partial charge on any atom is -0.471 e. The molecular formula is C22H25F4N3O4. The van der Waals surface area contributed by atoms with Gasteiger partial charge in [0.1, 0.15) is 5.60 Å². The molecule has 11 heteroatoms. The average molecular weight is 471 g/mol. The van der Waals surface area contributed by atoms with E-state index < -0.39 is 36.2 Å². The Morgan fingerprint density at radius 1 is 1.18 bits per heavy atom. The topological polar surface area (TPSA) is 101 Å². The number of ketones is 1. The van der Waals surface area contributed by atoms with Crippen molar-refractivity contribution in [2.75, 3.05) is 6.61 Å². The molecule has 2 aromatic heterocycles.